The maximum Gasteiger partial charge on any atom is 0.138 e. The van der Waals surface area contributed by atoms with Crippen molar-refractivity contribution in [3.05, 3.63) is 224 Å². The Morgan fingerprint density at radius 2 is 0.762 bits per heavy atom. The van der Waals surface area contributed by atoms with Crippen LogP contribution in [-0.4, -0.2) is 14.1 Å². The molecule has 0 saturated heterocycles. The number of rotatable bonds is 6. The van der Waals surface area contributed by atoms with Gasteiger partial charge in [0.15, 0.2) is 0 Å². The van der Waals surface area contributed by atoms with Crippen LogP contribution in [0.4, 0.5) is 0 Å². The van der Waals surface area contributed by atoms with E-state index in [9.17, 15) is 0 Å². The molecule has 63 heavy (non-hydrogen) atoms. The molecule has 4 heterocycles. The second-order valence-electron chi connectivity index (χ2n) is 16.4. The minimum Gasteiger partial charge on any atom is -0.456 e. The molecule has 0 aliphatic heterocycles. The summed E-state index contributed by atoms with van der Waals surface area (Å²) in [5.41, 5.74) is 17.7. The first kappa shape index (κ1) is 35.3. The van der Waals surface area contributed by atoms with E-state index in [4.69, 9.17) is 9.40 Å². The van der Waals surface area contributed by atoms with Crippen molar-refractivity contribution in [1.82, 2.24) is 14.1 Å². The van der Waals surface area contributed by atoms with E-state index in [1.54, 1.807) is 0 Å². The van der Waals surface area contributed by atoms with Crippen molar-refractivity contribution in [3.63, 3.8) is 0 Å². The quantitative estimate of drug-likeness (QED) is 0.168. The van der Waals surface area contributed by atoms with Crippen molar-refractivity contribution in [2.75, 3.05) is 0 Å². The second-order valence-corrected chi connectivity index (χ2v) is 16.4. The Bertz CT molecular complexity index is 3910. The van der Waals surface area contributed by atoms with Crippen LogP contribution in [0.25, 0.3) is 122 Å². The van der Waals surface area contributed by atoms with Gasteiger partial charge in [0.05, 0.1) is 27.6 Å². The molecule has 13 aromatic rings. The molecular weight excluding hydrogens is 767 g/mol. The summed E-state index contributed by atoms with van der Waals surface area (Å²) in [6.07, 6.45) is 0. The lowest BCUT2D eigenvalue weighted by Crippen LogP contribution is -1.98. The maximum absolute atomic E-state index is 6.47. The molecule has 0 aliphatic rings. The normalized spacial score (nSPS) is 11.8. The fourth-order valence-corrected chi connectivity index (χ4v) is 9.72. The summed E-state index contributed by atoms with van der Waals surface area (Å²) >= 11 is 0. The number of para-hydroxylation sites is 2. The molecule has 0 fully saturated rings. The van der Waals surface area contributed by atoms with Gasteiger partial charge < -0.3 is 8.98 Å². The molecule has 0 N–H and O–H groups in total. The van der Waals surface area contributed by atoms with Crippen LogP contribution < -0.4 is 0 Å². The van der Waals surface area contributed by atoms with E-state index in [2.05, 4.69) is 234 Å². The lowest BCUT2D eigenvalue weighted by molar-refractivity contribution is 0.669. The molecule has 0 unspecified atom stereocenters. The summed E-state index contributed by atoms with van der Waals surface area (Å²) in [4.78, 5) is 5.49. The predicted octanol–water partition coefficient (Wildman–Crippen LogP) is 15.8. The van der Waals surface area contributed by atoms with Gasteiger partial charge in [-0.05, 0) is 123 Å². The van der Waals surface area contributed by atoms with Crippen LogP contribution in [-0.2, 0) is 0 Å². The Morgan fingerprint density at radius 1 is 0.286 bits per heavy atom. The van der Waals surface area contributed by atoms with E-state index < -0.39 is 0 Å². The zero-order valence-corrected chi connectivity index (χ0v) is 34.1. The fraction of sp³-hybridized carbons (Fsp3) is 0. The average Bonchev–Trinajstić information content (AvgIpc) is 4.01. The van der Waals surface area contributed by atoms with Crippen molar-refractivity contribution in [1.29, 1.82) is 0 Å². The van der Waals surface area contributed by atoms with Gasteiger partial charge in [-0.25, -0.2) is 4.98 Å². The van der Waals surface area contributed by atoms with E-state index in [1.165, 1.54) is 44.2 Å². The summed E-state index contributed by atoms with van der Waals surface area (Å²) < 4.78 is 11.1. The molecule has 0 radical (unpaired) electrons. The third-order valence-corrected chi connectivity index (χ3v) is 12.7. The molecule has 0 bridgehead atoms. The largest absolute Gasteiger partial charge is 0.456 e. The van der Waals surface area contributed by atoms with Crippen molar-refractivity contribution >= 4 is 65.7 Å². The van der Waals surface area contributed by atoms with Gasteiger partial charge in [-0.15, -0.1) is 0 Å². The monoisotopic (exact) mass is 803 g/mol. The highest BCUT2D eigenvalue weighted by Gasteiger charge is 2.19. The number of furan rings is 1. The van der Waals surface area contributed by atoms with Gasteiger partial charge in [0.25, 0.3) is 0 Å². The molecular formula is C59H37N3O. The van der Waals surface area contributed by atoms with E-state index >= 15 is 0 Å². The Morgan fingerprint density at radius 3 is 1.46 bits per heavy atom. The maximum atomic E-state index is 6.47. The first-order chi connectivity index (χ1) is 31.2. The summed E-state index contributed by atoms with van der Waals surface area (Å²) in [6.45, 7) is 0. The number of nitrogens with zero attached hydrogens (tertiary/aromatic N) is 3. The van der Waals surface area contributed by atoms with Gasteiger partial charge in [0, 0.05) is 32.6 Å². The molecule has 294 valence electrons. The molecule has 4 nitrogen and oxygen atoms in total. The SMILES string of the molecule is c1ccc(-c2cccc(-c3cccc(-c4ccc5oc6ccc(-n7c8ccccc8c8nc(-n9c%10ccccc%10c%10cc(-c%11ccccc%11)ccc%109)ccc87)cc6c5c4)c3)c2)cc1. The molecule has 0 aliphatic carbocycles. The van der Waals surface area contributed by atoms with Gasteiger partial charge in [-0.1, -0.05) is 146 Å². The molecule has 4 aromatic heterocycles. The predicted molar refractivity (Wildman–Crippen MR) is 262 cm³/mol. The minimum atomic E-state index is 0.861. The number of aromatic nitrogens is 3. The molecule has 9 aromatic carbocycles. The summed E-state index contributed by atoms with van der Waals surface area (Å²) in [5.74, 6) is 0.890. The van der Waals surface area contributed by atoms with Crippen LogP contribution in [0, 0.1) is 0 Å². The van der Waals surface area contributed by atoms with E-state index in [1.807, 2.05) is 0 Å². The summed E-state index contributed by atoms with van der Waals surface area (Å²) in [5, 5.41) is 5.69. The highest BCUT2D eigenvalue weighted by molar-refractivity contribution is 6.12. The first-order valence-corrected chi connectivity index (χ1v) is 21.4. The molecule has 4 heteroatoms. The molecule has 0 spiro atoms. The highest BCUT2D eigenvalue weighted by Crippen LogP contribution is 2.39. The van der Waals surface area contributed by atoms with Crippen LogP contribution in [0.3, 0.4) is 0 Å². The van der Waals surface area contributed by atoms with Gasteiger partial charge in [0.2, 0.25) is 0 Å². The third kappa shape index (κ3) is 5.73. The van der Waals surface area contributed by atoms with Gasteiger partial charge in [0.1, 0.15) is 17.0 Å². The van der Waals surface area contributed by atoms with Crippen molar-refractivity contribution in [3.8, 4) is 56.0 Å². The van der Waals surface area contributed by atoms with Crippen molar-refractivity contribution < 1.29 is 4.42 Å². The van der Waals surface area contributed by atoms with Crippen LogP contribution in [0.15, 0.2) is 229 Å². The summed E-state index contributed by atoms with van der Waals surface area (Å²) in [6, 6.07) is 80.3. The second kappa shape index (κ2) is 14.1. The van der Waals surface area contributed by atoms with Gasteiger partial charge >= 0.3 is 0 Å². The third-order valence-electron chi connectivity index (χ3n) is 12.7. The van der Waals surface area contributed by atoms with Gasteiger partial charge in [-0.3, -0.25) is 4.57 Å². The number of benzene rings is 9. The summed E-state index contributed by atoms with van der Waals surface area (Å²) in [7, 11) is 0. The molecule has 13 rings (SSSR count). The van der Waals surface area contributed by atoms with Crippen LogP contribution in [0.5, 0.6) is 0 Å². The molecule has 0 amide bonds. The lowest BCUT2D eigenvalue weighted by atomic mass is 9.96. The number of pyridine rings is 1. The standard InChI is InChI=1S/C59H37N3O/c1-3-13-38(14-4-1)40-17-11-18-41(33-40)42-19-12-20-43(34-42)45-26-30-56-50(36-45)51-37-46(27-31-57(51)63-56)61-53-24-10-8-22-48(53)59-55(61)29-32-58(60-59)62-52-23-9-7-21-47(52)49-35-44(25-28-54(49)62)39-15-5-2-6-16-39/h1-37H. The van der Waals surface area contributed by atoms with Crippen LogP contribution >= 0.6 is 0 Å². The van der Waals surface area contributed by atoms with E-state index in [0.717, 1.165) is 77.5 Å². The number of hydrogen-bond acceptors (Lipinski definition) is 2. The van der Waals surface area contributed by atoms with E-state index in [-0.39, 0.29) is 0 Å². The van der Waals surface area contributed by atoms with Crippen molar-refractivity contribution in [2.24, 2.45) is 0 Å². The zero-order chi connectivity index (χ0) is 41.4. The Labute approximate surface area is 363 Å². The highest BCUT2D eigenvalue weighted by atomic mass is 16.3. The first-order valence-electron chi connectivity index (χ1n) is 21.4. The number of hydrogen-bond donors (Lipinski definition) is 0. The minimum absolute atomic E-state index is 0.861. The van der Waals surface area contributed by atoms with Crippen LogP contribution in [0.1, 0.15) is 0 Å². The van der Waals surface area contributed by atoms with E-state index in [0.29, 0.717) is 0 Å². The molecule has 0 saturated carbocycles. The smallest absolute Gasteiger partial charge is 0.138 e. The Kier molecular flexibility index (Phi) is 7.87. The van der Waals surface area contributed by atoms with Crippen LogP contribution in [0.2, 0.25) is 0 Å². The Hall–Kier alpha value is -8.47. The van der Waals surface area contributed by atoms with Crippen molar-refractivity contribution in [2.45, 2.75) is 0 Å². The topological polar surface area (TPSA) is 35.9 Å². The Balaban J connectivity index is 0.919. The zero-order valence-electron chi connectivity index (χ0n) is 34.1. The fourth-order valence-electron chi connectivity index (χ4n) is 9.72. The number of fused-ring (bicyclic) bond motifs is 9. The lowest BCUT2D eigenvalue weighted by Gasteiger charge is -2.10. The van der Waals surface area contributed by atoms with Gasteiger partial charge in [-0.2, -0.15) is 0 Å². The molecule has 0 atom stereocenters. The average molecular weight is 804 g/mol.